The number of nitrogens with zero attached hydrogens (tertiary/aromatic N) is 2. The summed E-state index contributed by atoms with van der Waals surface area (Å²) in [5.41, 5.74) is 1.54. The van der Waals surface area contributed by atoms with Crippen LogP contribution in [-0.4, -0.2) is 36.1 Å². The van der Waals surface area contributed by atoms with E-state index in [2.05, 4.69) is 18.0 Å². The number of rotatable bonds is 8. The van der Waals surface area contributed by atoms with Crippen LogP contribution < -0.4 is 9.47 Å². The van der Waals surface area contributed by atoms with E-state index in [4.69, 9.17) is 9.47 Å². The van der Waals surface area contributed by atoms with E-state index >= 15 is 0 Å². The SMILES string of the molecule is CCCOc1ccc(C(=O)N(C)[C@H](C)c2nc3ccccc3s2)cc1OCC. The number of benzene rings is 2. The molecule has 0 aliphatic heterocycles. The number of hydrogen-bond acceptors (Lipinski definition) is 5. The third-order valence-electron chi connectivity index (χ3n) is 4.52. The second-order valence-electron chi connectivity index (χ2n) is 6.55. The predicted octanol–water partition coefficient (Wildman–Crippen LogP) is 5.32. The Labute approximate surface area is 169 Å². The van der Waals surface area contributed by atoms with E-state index in [1.54, 1.807) is 35.4 Å². The smallest absolute Gasteiger partial charge is 0.254 e. The van der Waals surface area contributed by atoms with Gasteiger partial charge in [-0.05, 0) is 50.6 Å². The maximum absolute atomic E-state index is 13.1. The molecule has 1 atom stereocenters. The standard InChI is InChI=1S/C22H26N2O3S/c1-5-13-27-18-12-11-16(14-19(18)26-6-2)22(25)24(4)15(3)21-23-17-9-7-8-10-20(17)28-21/h7-12,14-15H,5-6,13H2,1-4H3/t15-/m1/s1. The van der Waals surface area contributed by atoms with Gasteiger partial charge < -0.3 is 14.4 Å². The molecule has 148 valence electrons. The Hall–Kier alpha value is -2.60. The van der Waals surface area contributed by atoms with Gasteiger partial charge in [-0.2, -0.15) is 0 Å². The van der Waals surface area contributed by atoms with E-state index in [0.29, 0.717) is 30.3 Å². The first-order valence-corrected chi connectivity index (χ1v) is 10.4. The average molecular weight is 399 g/mol. The minimum atomic E-state index is -0.128. The molecule has 2 aromatic carbocycles. The molecular formula is C22H26N2O3S. The average Bonchev–Trinajstić information content (AvgIpc) is 3.15. The molecule has 0 aliphatic carbocycles. The highest BCUT2D eigenvalue weighted by Crippen LogP contribution is 2.32. The number of hydrogen-bond donors (Lipinski definition) is 0. The predicted molar refractivity (Wildman–Crippen MR) is 114 cm³/mol. The number of amides is 1. The summed E-state index contributed by atoms with van der Waals surface area (Å²) in [7, 11) is 1.81. The number of carbonyl (C=O) groups is 1. The Morgan fingerprint density at radius 2 is 1.93 bits per heavy atom. The fourth-order valence-electron chi connectivity index (χ4n) is 2.85. The van der Waals surface area contributed by atoms with Crippen LogP contribution in [0, 0.1) is 0 Å². The van der Waals surface area contributed by atoms with Gasteiger partial charge in [-0.3, -0.25) is 4.79 Å². The molecule has 3 aromatic rings. The summed E-state index contributed by atoms with van der Waals surface area (Å²) in [6.07, 6.45) is 0.911. The molecule has 1 aromatic heterocycles. The van der Waals surface area contributed by atoms with Crippen molar-refractivity contribution >= 4 is 27.5 Å². The molecule has 0 saturated carbocycles. The first-order chi connectivity index (χ1) is 13.5. The molecule has 0 radical (unpaired) electrons. The molecule has 1 amide bonds. The van der Waals surface area contributed by atoms with Crippen LogP contribution in [0.25, 0.3) is 10.2 Å². The van der Waals surface area contributed by atoms with Crippen LogP contribution >= 0.6 is 11.3 Å². The maximum atomic E-state index is 13.1. The van der Waals surface area contributed by atoms with E-state index < -0.39 is 0 Å². The molecule has 0 aliphatic rings. The highest BCUT2D eigenvalue weighted by atomic mass is 32.1. The van der Waals surface area contributed by atoms with Crippen LogP contribution in [0.1, 0.15) is 48.6 Å². The van der Waals surface area contributed by atoms with Crippen molar-refractivity contribution in [1.82, 2.24) is 9.88 Å². The molecule has 0 fully saturated rings. The van der Waals surface area contributed by atoms with Crippen molar-refractivity contribution < 1.29 is 14.3 Å². The van der Waals surface area contributed by atoms with Gasteiger partial charge in [-0.25, -0.2) is 4.98 Å². The van der Waals surface area contributed by atoms with Gasteiger partial charge in [0.2, 0.25) is 0 Å². The minimum Gasteiger partial charge on any atom is -0.490 e. The van der Waals surface area contributed by atoms with Crippen LogP contribution in [0.3, 0.4) is 0 Å². The Morgan fingerprint density at radius 3 is 2.64 bits per heavy atom. The van der Waals surface area contributed by atoms with Gasteiger partial charge in [0, 0.05) is 12.6 Å². The quantitative estimate of drug-likeness (QED) is 0.515. The van der Waals surface area contributed by atoms with Gasteiger partial charge in [0.05, 0.1) is 29.5 Å². The van der Waals surface area contributed by atoms with Crippen molar-refractivity contribution in [1.29, 1.82) is 0 Å². The number of ether oxygens (including phenoxy) is 2. The lowest BCUT2D eigenvalue weighted by molar-refractivity contribution is 0.0742. The molecule has 6 heteroatoms. The zero-order valence-corrected chi connectivity index (χ0v) is 17.6. The summed E-state index contributed by atoms with van der Waals surface area (Å²) < 4.78 is 12.5. The van der Waals surface area contributed by atoms with Crippen LogP contribution in [-0.2, 0) is 0 Å². The lowest BCUT2D eigenvalue weighted by Gasteiger charge is -2.24. The van der Waals surface area contributed by atoms with E-state index in [0.717, 1.165) is 21.6 Å². The number of aromatic nitrogens is 1. The van der Waals surface area contributed by atoms with Gasteiger partial charge >= 0.3 is 0 Å². The topological polar surface area (TPSA) is 51.7 Å². The van der Waals surface area contributed by atoms with E-state index in [9.17, 15) is 4.79 Å². The maximum Gasteiger partial charge on any atom is 0.254 e. The zero-order valence-electron chi connectivity index (χ0n) is 16.8. The van der Waals surface area contributed by atoms with Gasteiger partial charge in [0.15, 0.2) is 11.5 Å². The highest BCUT2D eigenvalue weighted by molar-refractivity contribution is 7.18. The summed E-state index contributed by atoms with van der Waals surface area (Å²) in [6.45, 7) is 7.09. The normalized spacial score (nSPS) is 12.0. The van der Waals surface area contributed by atoms with Crippen LogP contribution in [0.15, 0.2) is 42.5 Å². The first-order valence-electron chi connectivity index (χ1n) is 9.57. The molecule has 0 bridgehead atoms. The first kappa shape index (κ1) is 20.1. The molecule has 0 N–H and O–H groups in total. The van der Waals surface area contributed by atoms with E-state index in [-0.39, 0.29) is 11.9 Å². The van der Waals surface area contributed by atoms with Crippen molar-refractivity contribution in [2.45, 2.75) is 33.2 Å². The van der Waals surface area contributed by atoms with Crippen molar-refractivity contribution in [3.05, 3.63) is 53.0 Å². The fraction of sp³-hybridized carbons (Fsp3) is 0.364. The molecule has 0 saturated heterocycles. The van der Waals surface area contributed by atoms with Crippen LogP contribution in [0.2, 0.25) is 0 Å². The minimum absolute atomic E-state index is 0.0743. The number of fused-ring (bicyclic) bond motifs is 1. The molecule has 5 nitrogen and oxygen atoms in total. The molecule has 0 spiro atoms. The fourth-order valence-corrected chi connectivity index (χ4v) is 3.92. The highest BCUT2D eigenvalue weighted by Gasteiger charge is 2.23. The lowest BCUT2D eigenvalue weighted by Crippen LogP contribution is -2.29. The summed E-state index contributed by atoms with van der Waals surface area (Å²) >= 11 is 1.62. The van der Waals surface area contributed by atoms with Crippen molar-refractivity contribution in [3.63, 3.8) is 0 Å². The number of thiazole rings is 1. The summed E-state index contributed by atoms with van der Waals surface area (Å²) in [6, 6.07) is 13.3. The van der Waals surface area contributed by atoms with Gasteiger partial charge in [0.25, 0.3) is 5.91 Å². The van der Waals surface area contributed by atoms with Crippen LogP contribution in [0.4, 0.5) is 0 Å². The zero-order chi connectivity index (χ0) is 20.1. The second kappa shape index (κ2) is 9.06. The molecule has 3 rings (SSSR count). The molecule has 28 heavy (non-hydrogen) atoms. The Morgan fingerprint density at radius 1 is 1.14 bits per heavy atom. The summed E-state index contributed by atoms with van der Waals surface area (Å²) in [5.74, 6) is 1.19. The van der Waals surface area contributed by atoms with E-state index in [1.807, 2.05) is 38.1 Å². The monoisotopic (exact) mass is 398 g/mol. The Balaban J connectivity index is 1.82. The molecule has 0 unspecified atom stereocenters. The summed E-state index contributed by atoms with van der Waals surface area (Å²) in [5, 5.41) is 0.921. The lowest BCUT2D eigenvalue weighted by atomic mass is 10.1. The molecular weight excluding hydrogens is 372 g/mol. The van der Waals surface area contributed by atoms with Gasteiger partial charge in [0.1, 0.15) is 5.01 Å². The van der Waals surface area contributed by atoms with Crippen molar-refractivity contribution in [2.75, 3.05) is 20.3 Å². The third kappa shape index (κ3) is 4.28. The second-order valence-corrected chi connectivity index (χ2v) is 7.62. The van der Waals surface area contributed by atoms with E-state index in [1.165, 1.54) is 0 Å². The largest absolute Gasteiger partial charge is 0.490 e. The number of para-hydroxylation sites is 1. The van der Waals surface area contributed by atoms with Gasteiger partial charge in [-0.1, -0.05) is 19.1 Å². The third-order valence-corrected chi connectivity index (χ3v) is 5.73. The summed E-state index contributed by atoms with van der Waals surface area (Å²) in [4.78, 5) is 19.5. The van der Waals surface area contributed by atoms with Gasteiger partial charge in [-0.15, -0.1) is 11.3 Å². The van der Waals surface area contributed by atoms with Crippen LogP contribution in [0.5, 0.6) is 11.5 Å². The van der Waals surface area contributed by atoms with Crippen molar-refractivity contribution in [2.24, 2.45) is 0 Å². The molecule has 1 heterocycles. The Bertz CT molecular complexity index is 921. The Kier molecular flexibility index (Phi) is 6.52. The van der Waals surface area contributed by atoms with Crippen molar-refractivity contribution in [3.8, 4) is 11.5 Å². The number of carbonyl (C=O) groups excluding carboxylic acids is 1.